The number of carbonyl (C=O) groups excluding carboxylic acids is 1. The zero-order chi connectivity index (χ0) is 21.6. The van der Waals surface area contributed by atoms with Crippen LogP contribution in [-0.4, -0.2) is 27.4 Å². The number of rotatable bonds is 6. The van der Waals surface area contributed by atoms with Crippen LogP contribution in [0.5, 0.6) is 0 Å². The summed E-state index contributed by atoms with van der Waals surface area (Å²) in [6.45, 7) is 3.91. The highest BCUT2D eigenvalue weighted by Crippen LogP contribution is 2.62. The van der Waals surface area contributed by atoms with Crippen LogP contribution in [0.15, 0.2) is 27.2 Å². The normalized spacial score (nSPS) is 12.5. The van der Waals surface area contributed by atoms with Crippen molar-refractivity contribution in [2.75, 3.05) is 6.54 Å². The molecule has 3 N–H and O–H groups in total. The Balaban J connectivity index is 1.81. The van der Waals surface area contributed by atoms with Gasteiger partial charge in [-0.05, 0) is 54.4 Å². The van der Waals surface area contributed by atoms with Crippen molar-refractivity contribution in [1.82, 2.24) is 10.5 Å². The van der Waals surface area contributed by atoms with Crippen molar-refractivity contribution < 1.29 is 32.5 Å². The van der Waals surface area contributed by atoms with Crippen LogP contribution in [0.3, 0.4) is 0 Å². The zero-order valence-electron chi connectivity index (χ0n) is 15.2. The Morgan fingerprint density at radius 3 is 2.66 bits per heavy atom. The molecule has 0 aliphatic rings. The summed E-state index contributed by atoms with van der Waals surface area (Å²) in [5, 5.41) is 6.87. The molecule has 0 aliphatic carbocycles. The lowest BCUT2D eigenvalue weighted by molar-refractivity contribution is 0.0595. The molecule has 0 radical (unpaired) electrons. The van der Waals surface area contributed by atoms with Gasteiger partial charge in [-0.15, -0.1) is 11.3 Å². The maximum Gasteiger partial charge on any atom is 0.400 e. The SMILES string of the molecule is Cc1noc(C)c1CCNC(=O)c1ccc2sc(C(F)(F)P(=O)(O)O)c(Br)c2c1. The van der Waals surface area contributed by atoms with Crippen LogP contribution >= 0.6 is 34.9 Å². The number of halogens is 3. The Kier molecular flexibility index (Phi) is 5.99. The lowest BCUT2D eigenvalue weighted by Gasteiger charge is -2.16. The van der Waals surface area contributed by atoms with Crippen LogP contribution in [-0.2, 0) is 16.6 Å². The first-order valence-corrected chi connectivity index (χ1v) is 11.5. The minimum Gasteiger partial charge on any atom is -0.361 e. The van der Waals surface area contributed by atoms with Crippen molar-refractivity contribution in [2.24, 2.45) is 0 Å². The lowest BCUT2D eigenvalue weighted by Crippen LogP contribution is -2.25. The predicted octanol–water partition coefficient (Wildman–Crippen LogP) is 4.47. The summed E-state index contributed by atoms with van der Waals surface area (Å²) in [5.74, 6) is 0.277. The molecule has 12 heteroatoms. The summed E-state index contributed by atoms with van der Waals surface area (Å²) in [7, 11) is -5.70. The number of carbonyl (C=O) groups is 1. The number of hydrogen-bond acceptors (Lipinski definition) is 5. The highest BCUT2D eigenvalue weighted by Gasteiger charge is 2.53. The topological polar surface area (TPSA) is 113 Å². The fraction of sp³-hybridized carbons (Fsp3) is 0.294. The van der Waals surface area contributed by atoms with E-state index in [0.717, 1.165) is 11.3 Å². The number of benzene rings is 1. The summed E-state index contributed by atoms with van der Waals surface area (Å²) < 4.78 is 44.7. The molecule has 3 rings (SSSR count). The Labute approximate surface area is 176 Å². The molecule has 0 unspecified atom stereocenters. The van der Waals surface area contributed by atoms with E-state index in [9.17, 15) is 18.1 Å². The van der Waals surface area contributed by atoms with E-state index in [1.54, 1.807) is 13.8 Å². The first-order valence-electron chi connectivity index (χ1n) is 8.29. The van der Waals surface area contributed by atoms with E-state index in [1.807, 2.05) is 0 Å². The predicted molar refractivity (Wildman–Crippen MR) is 107 cm³/mol. The zero-order valence-corrected chi connectivity index (χ0v) is 18.5. The Bertz CT molecular complexity index is 1120. The molecule has 29 heavy (non-hydrogen) atoms. The van der Waals surface area contributed by atoms with Gasteiger partial charge in [0.05, 0.1) is 5.69 Å². The van der Waals surface area contributed by atoms with Gasteiger partial charge in [-0.2, -0.15) is 8.78 Å². The molecule has 0 saturated carbocycles. The standard InChI is InChI=1S/C17H16BrF2N2O5PS/c1-8-11(9(2)27-22-8)5-6-21-16(23)10-3-4-13-12(7-10)14(18)15(29-13)17(19,20)28(24,25)26/h3-4,7H,5-6H2,1-2H3,(H,21,23)(H2,24,25,26). The van der Waals surface area contributed by atoms with Gasteiger partial charge in [-0.25, -0.2) is 0 Å². The molecule has 1 aromatic carbocycles. The summed E-state index contributed by atoms with van der Waals surface area (Å²) in [5.41, 5.74) is -2.43. The van der Waals surface area contributed by atoms with Crippen LogP contribution in [0.1, 0.15) is 32.3 Å². The van der Waals surface area contributed by atoms with Gasteiger partial charge in [-0.1, -0.05) is 5.16 Å². The molecule has 0 spiro atoms. The fourth-order valence-corrected chi connectivity index (χ4v) is 5.72. The molecule has 1 amide bonds. The molecular formula is C17H16BrF2N2O5PS. The Morgan fingerprint density at radius 1 is 1.38 bits per heavy atom. The second kappa shape index (κ2) is 7.88. The number of amides is 1. The van der Waals surface area contributed by atoms with Crippen molar-refractivity contribution in [3.8, 4) is 0 Å². The second-order valence-corrected chi connectivity index (χ2v) is 9.84. The van der Waals surface area contributed by atoms with Crippen molar-refractivity contribution in [3.05, 3.63) is 50.1 Å². The minimum absolute atomic E-state index is 0.142. The van der Waals surface area contributed by atoms with Gasteiger partial charge in [0.1, 0.15) is 10.6 Å². The van der Waals surface area contributed by atoms with E-state index in [0.29, 0.717) is 34.8 Å². The van der Waals surface area contributed by atoms with Gasteiger partial charge in [0.15, 0.2) is 0 Å². The van der Waals surface area contributed by atoms with Gasteiger partial charge in [-0.3, -0.25) is 9.36 Å². The number of nitrogens with zero attached hydrogens (tertiary/aromatic N) is 1. The first kappa shape index (κ1) is 22.0. The molecule has 2 heterocycles. The second-order valence-electron chi connectivity index (χ2n) is 6.35. The van der Waals surface area contributed by atoms with E-state index in [4.69, 9.17) is 14.3 Å². The number of fused-ring (bicyclic) bond motifs is 1. The molecule has 0 atom stereocenters. The summed E-state index contributed by atoms with van der Waals surface area (Å²) in [4.78, 5) is 29.6. The Morgan fingerprint density at radius 2 is 2.07 bits per heavy atom. The first-order chi connectivity index (χ1) is 13.4. The summed E-state index contributed by atoms with van der Waals surface area (Å²) >= 11 is 3.56. The third-order valence-electron chi connectivity index (χ3n) is 4.37. The van der Waals surface area contributed by atoms with Gasteiger partial charge in [0.2, 0.25) is 0 Å². The van der Waals surface area contributed by atoms with E-state index in [1.165, 1.54) is 18.2 Å². The van der Waals surface area contributed by atoms with Crippen molar-refractivity contribution in [2.45, 2.75) is 25.9 Å². The Hall–Kier alpha value is -1.65. The number of thiophene rings is 1. The molecule has 0 saturated heterocycles. The van der Waals surface area contributed by atoms with E-state index >= 15 is 0 Å². The van der Waals surface area contributed by atoms with Crippen LogP contribution in [0, 0.1) is 13.8 Å². The van der Waals surface area contributed by atoms with Gasteiger partial charge < -0.3 is 19.6 Å². The summed E-state index contributed by atoms with van der Waals surface area (Å²) in [6.07, 6.45) is 0.524. The van der Waals surface area contributed by atoms with Crippen LogP contribution in [0.4, 0.5) is 8.78 Å². The maximum atomic E-state index is 14.1. The number of aryl methyl sites for hydroxylation is 2. The smallest absolute Gasteiger partial charge is 0.361 e. The minimum atomic E-state index is -5.70. The van der Waals surface area contributed by atoms with Gasteiger partial charge >= 0.3 is 13.3 Å². The molecular weight excluding hydrogens is 493 g/mol. The molecule has 156 valence electrons. The van der Waals surface area contributed by atoms with E-state index in [2.05, 4.69) is 26.4 Å². The number of aromatic nitrogens is 1. The third kappa shape index (κ3) is 4.15. The van der Waals surface area contributed by atoms with Crippen LogP contribution in [0.25, 0.3) is 10.1 Å². The fourth-order valence-electron chi connectivity index (χ4n) is 2.80. The van der Waals surface area contributed by atoms with Crippen molar-refractivity contribution in [3.63, 3.8) is 0 Å². The largest absolute Gasteiger partial charge is 0.400 e. The third-order valence-corrected chi connectivity index (χ3v) is 7.80. The maximum absolute atomic E-state index is 14.1. The van der Waals surface area contributed by atoms with E-state index in [-0.39, 0.29) is 15.4 Å². The van der Waals surface area contributed by atoms with E-state index < -0.39 is 24.0 Å². The van der Waals surface area contributed by atoms with Gasteiger partial charge in [0.25, 0.3) is 5.91 Å². The average Bonchev–Trinajstić information content (AvgIpc) is 3.14. The number of alkyl halides is 2. The van der Waals surface area contributed by atoms with Crippen LogP contribution in [0.2, 0.25) is 0 Å². The number of hydrogen-bond donors (Lipinski definition) is 3. The summed E-state index contributed by atoms with van der Waals surface area (Å²) in [6, 6.07) is 4.34. The highest BCUT2D eigenvalue weighted by molar-refractivity contribution is 9.10. The quantitative estimate of drug-likeness (QED) is 0.423. The molecule has 0 bridgehead atoms. The molecule has 7 nitrogen and oxygen atoms in total. The lowest BCUT2D eigenvalue weighted by atomic mass is 10.1. The molecule has 2 aromatic heterocycles. The molecule has 3 aromatic rings. The van der Waals surface area contributed by atoms with Crippen molar-refractivity contribution in [1.29, 1.82) is 0 Å². The molecule has 0 aliphatic heterocycles. The van der Waals surface area contributed by atoms with Crippen LogP contribution < -0.4 is 5.32 Å². The highest BCUT2D eigenvalue weighted by atomic mass is 79.9. The number of nitrogens with one attached hydrogen (secondary N) is 1. The molecule has 0 fully saturated rings. The van der Waals surface area contributed by atoms with Crippen molar-refractivity contribution >= 4 is 50.9 Å². The average molecular weight is 509 g/mol. The monoisotopic (exact) mass is 508 g/mol. The van der Waals surface area contributed by atoms with Gasteiger partial charge in [0, 0.05) is 32.2 Å².